The third kappa shape index (κ3) is 3.38. The van der Waals surface area contributed by atoms with Crippen molar-refractivity contribution < 1.29 is 14.2 Å². The Kier molecular flexibility index (Phi) is 4.33. The Morgan fingerprint density at radius 2 is 2.33 bits per heavy atom. The number of nitrogens with one attached hydrogen (secondary N) is 1. The van der Waals surface area contributed by atoms with Gasteiger partial charge in [-0.1, -0.05) is 0 Å². The van der Waals surface area contributed by atoms with E-state index >= 15 is 0 Å². The Morgan fingerprint density at radius 3 is 2.93 bits per heavy atom. The molecule has 0 aliphatic carbocycles. The zero-order valence-electron chi connectivity index (χ0n) is 8.53. The number of ether oxygens (including phenoxy) is 1. The van der Waals surface area contributed by atoms with E-state index in [-0.39, 0.29) is 18.5 Å². The first-order valence-electron chi connectivity index (χ1n) is 4.61. The monoisotopic (exact) mass is 214 g/mol. The Hall–Kier alpha value is -1.33. The van der Waals surface area contributed by atoms with Crippen LogP contribution in [0.25, 0.3) is 0 Å². The van der Waals surface area contributed by atoms with Gasteiger partial charge in [0, 0.05) is 18.7 Å². The minimum absolute atomic E-state index is 0.120. The van der Waals surface area contributed by atoms with Crippen LogP contribution in [0.5, 0.6) is 5.75 Å². The Morgan fingerprint density at radius 1 is 1.60 bits per heavy atom. The molecule has 0 heterocycles. The summed E-state index contributed by atoms with van der Waals surface area (Å²) < 4.78 is 17.9. The number of benzene rings is 1. The highest BCUT2D eigenvalue weighted by Gasteiger charge is 2.06. The fourth-order valence-corrected chi connectivity index (χ4v) is 1.12. The molecule has 1 atom stereocenters. The molecule has 0 fully saturated rings. The molecule has 0 bridgehead atoms. The van der Waals surface area contributed by atoms with E-state index in [4.69, 9.17) is 15.6 Å². The number of aliphatic hydroxyl groups excluding tert-OH is 1. The number of nitrogens with two attached hydrogens (primary N) is 1. The smallest absolute Gasteiger partial charge is 0.142 e. The predicted octanol–water partition coefficient (Wildman–Crippen LogP) is 0.566. The number of halogens is 1. The van der Waals surface area contributed by atoms with E-state index < -0.39 is 0 Å². The molecule has 4 nitrogen and oxygen atoms in total. The fraction of sp³-hybridized carbons (Fsp3) is 0.400. The zero-order chi connectivity index (χ0) is 11.3. The molecule has 84 valence electrons. The van der Waals surface area contributed by atoms with Gasteiger partial charge in [-0.25, -0.2) is 4.39 Å². The third-order valence-corrected chi connectivity index (χ3v) is 1.95. The average molecular weight is 214 g/mol. The highest BCUT2D eigenvalue weighted by molar-refractivity contribution is 5.56. The topological polar surface area (TPSA) is 67.5 Å². The molecule has 0 aliphatic rings. The lowest BCUT2D eigenvalue weighted by Crippen LogP contribution is -2.32. The molecule has 1 rings (SSSR count). The lowest BCUT2D eigenvalue weighted by Gasteiger charge is -2.13. The molecule has 0 radical (unpaired) electrons. The summed E-state index contributed by atoms with van der Waals surface area (Å²) in [7, 11) is 1.50. The average Bonchev–Trinajstić information content (AvgIpc) is 2.26. The molecule has 15 heavy (non-hydrogen) atoms. The second kappa shape index (κ2) is 5.53. The molecular weight excluding hydrogens is 199 g/mol. The first kappa shape index (κ1) is 11.7. The maximum atomic E-state index is 12.9. The first-order chi connectivity index (χ1) is 7.17. The summed E-state index contributed by atoms with van der Waals surface area (Å²) in [5.74, 6) is 0.192. The van der Waals surface area contributed by atoms with Crippen molar-refractivity contribution in [1.82, 2.24) is 0 Å². The predicted molar refractivity (Wildman–Crippen MR) is 56.5 cm³/mol. The van der Waals surface area contributed by atoms with E-state index in [2.05, 4.69) is 5.32 Å². The first-order valence-corrected chi connectivity index (χ1v) is 4.61. The van der Waals surface area contributed by atoms with Crippen LogP contribution in [0.15, 0.2) is 18.2 Å². The van der Waals surface area contributed by atoms with Gasteiger partial charge in [-0.2, -0.15) is 0 Å². The quantitative estimate of drug-likeness (QED) is 0.670. The number of hydrogen-bond donors (Lipinski definition) is 3. The van der Waals surface area contributed by atoms with Gasteiger partial charge in [0.25, 0.3) is 0 Å². The van der Waals surface area contributed by atoms with Gasteiger partial charge in [-0.3, -0.25) is 0 Å². The minimum Gasteiger partial charge on any atom is -0.495 e. The van der Waals surface area contributed by atoms with E-state index in [0.717, 1.165) is 0 Å². The molecule has 0 spiro atoms. The number of aliphatic hydroxyl groups is 1. The number of hydrogen-bond acceptors (Lipinski definition) is 4. The molecule has 0 aliphatic heterocycles. The molecule has 0 amide bonds. The van der Waals surface area contributed by atoms with Crippen molar-refractivity contribution in [3.05, 3.63) is 24.0 Å². The summed E-state index contributed by atoms with van der Waals surface area (Å²) in [4.78, 5) is 0. The van der Waals surface area contributed by atoms with Crippen LogP contribution in [0.3, 0.4) is 0 Å². The normalized spacial score (nSPS) is 12.3. The van der Waals surface area contributed by atoms with Crippen molar-refractivity contribution in [2.24, 2.45) is 5.73 Å². The van der Waals surface area contributed by atoms with E-state index in [1.807, 2.05) is 0 Å². The molecule has 1 unspecified atom stereocenters. The van der Waals surface area contributed by atoms with Gasteiger partial charge in [0.05, 0.1) is 19.4 Å². The summed E-state index contributed by atoms with van der Waals surface area (Å²) in [6.07, 6.45) is 0. The summed E-state index contributed by atoms with van der Waals surface area (Å²) >= 11 is 0. The summed E-state index contributed by atoms with van der Waals surface area (Å²) in [6.45, 7) is 0.237. The van der Waals surface area contributed by atoms with E-state index in [9.17, 15) is 4.39 Å². The molecule has 0 saturated carbocycles. The highest BCUT2D eigenvalue weighted by atomic mass is 19.1. The Bertz CT molecular complexity index is 320. The lowest BCUT2D eigenvalue weighted by atomic mass is 10.2. The van der Waals surface area contributed by atoms with Gasteiger partial charge in [0.15, 0.2) is 0 Å². The van der Waals surface area contributed by atoms with Crippen molar-refractivity contribution in [3.8, 4) is 5.75 Å². The van der Waals surface area contributed by atoms with Crippen molar-refractivity contribution in [2.75, 3.05) is 25.6 Å². The lowest BCUT2D eigenvalue weighted by molar-refractivity contribution is 0.270. The van der Waals surface area contributed by atoms with Crippen LogP contribution >= 0.6 is 0 Å². The molecule has 0 aromatic heterocycles. The van der Waals surface area contributed by atoms with Crippen LogP contribution < -0.4 is 15.8 Å². The van der Waals surface area contributed by atoms with Crippen LogP contribution in [-0.4, -0.2) is 31.4 Å². The van der Waals surface area contributed by atoms with Gasteiger partial charge in [0.2, 0.25) is 0 Å². The van der Waals surface area contributed by atoms with Gasteiger partial charge in [0.1, 0.15) is 11.6 Å². The maximum absolute atomic E-state index is 12.9. The van der Waals surface area contributed by atoms with Crippen LogP contribution in [-0.2, 0) is 0 Å². The second-order valence-corrected chi connectivity index (χ2v) is 3.17. The van der Waals surface area contributed by atoms with Crippen LogP contribution in [0.2, 0.25) is 0 Å². The maximum Gasteiger partial charge on any atom is 0.142 e. The number of anilines is 1. The van der Waals surface area contributed by atoms with Crippen molar-refractivity contribution in [1.29, 1.82) is 0 Å². The number of rotatable bonds is 5. The van der Waals surface area contributed by atoms with Gasteiger partial charge >= 0.3 is 0 Å². The Labute approximate surface area is 87.9 Å². The van der Waals surface area contributed by atoms with E-state index in [1.54, 1.807) is 0 Å². The molecule has 0 saturated heterocycles. The van der Waals surface area contributed by atoms with Gasteiger partial charge in [-0.15, -0.1) is 0 Å². The Balaban J connectivity index is 2.69. The standard InChI is InChI=1S/C10H15FN2O2/c1-15-10-3-2-7(11)4-9(10)13-5-8(12)6-14/h2-4,8,13-14H,5-6,12H2,1H3. The van der Waals surface area contributed by atoms with Gasteiger partial charge in [-0.05, 0) is 12.1 Å². The largest absolute Gasteiger partial charge is 0.495 e. The molecule has 5 heteroatoms. The van der Waals surface area contributed by atoms with Crippen molar-refractivity contribution in [2.45, 2.75) is 6.04 Å². The summed E-state index contributed by atoms with van der Waals surface area (Å²) in [5, 5.41) is 11.6. The van der Waals surface area contributed by atoms with Gasteiger partial charge < -0.3 is 20.9 Å². The molecular formula is C10H15FN2O2. The highest BCUT2D eigenvalue weighted by Crippen LogP contribution is 2.24. The van der Waals surface area contributed by atoms with Crippen LogP contribution in [0.1, 0.15) is 0 Å². The summed E-state index contributed by atoms with van der Waals surface area (Å²) in [5.41, 5.74) is 6.03. The SMILES string of the molecule is COc1ccc(F)cc1NCC(N)CO. The van der Waals surface area contributed by atoms with Crippen LogP contribution in [0, 0.1) is 5.82 Å². The molecule has 4 N–H and O–H groups in total. The fourth-order valence-electron chi connectivity index (χ4n) is 1.12. The van der Waals surface area contributed by atoms with E-state index in [1.165, 1.54) is 25.3 Å². The minimum atomic E-state index is -0.377. The van der Waals surface area contributed by atoms with E-state index in [0.29, 0.717) is 18.0 Å². The summed E-state index contributed by atoms with van der Waals surface area (Å²) in [6, 6.07) is 3.79. The second-order valence-electron chi connectivity index (χ2n) is 3.17. The number of methoxy groups -OCH3 is 1. The third-order valence-electron chi connectivity index (χ3n) is 1.95. The molecule has 1 aromatic carbocycles. The van der Waals surface area contributed by atoms with Crippen LogP contribution in [0.4, 0.5) is 10.1 Å². The van der Waals surface area contributed by atoms with Crippen molar-refractivity contribution >= 4 is 5.69 Å². The molecule has 1 aromatic rings. The zero-order valence-corrected chi connectivity index (χ0v) is 8.53. The van der Waals surface area contributed by atoms with Crippen molar-refractivity contribution in [3.63, 3.8) is 0 Å².